The first kappa shape index (κ1) is 37.5. The summed E-state index contributed by atoms with van der Waals surface area (Å²) in [6.45, 7) is 5.64. The smallest absolute Gasteiger partial charge is 0.280 e. The van der Waals surface area contributed by atoms with Crippen molar-refractivity contribution in [2.24, 2.45) is 5.73 Å². The number of primary amides is 1. The number of aromatic nitrogens is 2. The van der Waals surface area contributed by atoms with E-state index >= 15 is 0 Å². The van der Waals surface area contributed by atoms with Gasteiger partial charge in [0.1, 0.15) is 0 Å². The topological polar surface area (TPSA) is 201 Å². The van der Waals surface area contributed by atoms with E-state index in [9.17, 15) is 9.59 Å². The number of fused-ring (bicyclic) bond motifs is 1. The van der Waals surface area contributed by atoms with Crippen LogP contribution in [0.1, 0.15) is 79.9 Å². The van der Waals surface area contributed by atoms with E-state index in [2.05, 4.69) is 81.2 Å². The fourth-order valence-electron chi connectivity index (χ4n) is 5.35. The quantitative estimate of drug-likeness (QED) is 0.0528. The summed E-state index contributed by atoms with van der Waals surface area (Å²) in [5.41, 5.74) is 19.2. The summed E-state index contributed by atoms with van der Waals surface area (Å²) in [4.78, 5) is 34.4. The van der Waals surface area contributed by atoms with Gasteiger partial charge in [-0.3, -0.25) is 20.3 Å². The number of nitrogen functional groups attached to an aromatic ring is 2. The highest BCUT2D eigenvalue weighted by Crippen LogP contribution is 2.21. The number of amides is 2. The molecule has 0 saturated carbocycles. The third kappa shape index (κ3) is 13.0. The maximum Gasteiger partial charge on any atom is 0.280 e. The number of aryl methyl sites for hydroxylation is 2. The summed E-state index contributed by atoms with van der Waals surface area (Å²) >= 11 is 5.83. The van der Waals surface area contributed by atoms with Gasteiger partial charge in [-0.25, -0.2) is 9.97 Å². The number of hydrogen-bond acceptors (Lipinski definition) is 9. The van der Waals surface area contributed by atoms with Crippen molar-refractivity contribution in [3.8, 4) is 0 Å². The Hall–Kier alpha value is -4.00. The monoisotopic (exact) mass is 666 g/mol. The minimum atomic E-state index is -0.694. The molecule has 1 atom stereocenters. The molecule has 0 spiro atoms. The SMILES string of the molecule is CCCCCCN(C)CCCN[C@@H](CCc1ccc2cc(CCCCNC(=N)NC(=O)c3nc(Cl)c(N)nc3N)ccc2c1)C(N)=O. The predicted octanol–water partition coefficient (Wildman–Crippen LogP) is 4.00. The van der Waals surface area contributed by atoms with E-state index in [1.165, 1.54) is 42.2 Å². The molecule has 10 N–H and O–H groups in total. The average molecular weight is 667 g/mol. The Morgan fingerprint density at radius 3 is 2.26 bits per heavy atom. The second kappa shape index (κ2) is 19.6. The van der Waals surface area contributed by atoms with Crippen LogP contribution in [0.25, 0.3) is 10.8 Å². The highest BCUT2D eigenvalue weighted by Gasteiger charge is 2.17. The fourth-order valence-corrected chi connectivity index (χ4v) is 5.48. The molecule has 2 aromatic carbocycles. The number of carbonyl (C=O) groups is 2. The number of nitrogens with two attached hydrogens (primary N) is 3. The minimum absolute atomic E-state index is 0.0682. The van der Waals surface area contributed by atoms with Crippen LogP contribution in [0.3, 0.4) is 0 Å². The van der Waals surface area contributed by atoms with Gasteiger partial charge >= 0.3 is 0 Å². The molecule has 256 valence electrons. The molecule has 12 nitrogen and oxygen atoms in total. The number of benzene rings is 2. The van der Waals surface area contributed by atoms with Crippen molar-refractivity contribution in [1.29, 1.82) is 5.41 Å². The number of nitrogens with one attached hydrogen (secondary N) is 4. The number of halogens is 1. The van der Waals surface area contributed by atoms with Crippen molar-refractivity contribution in [2.45, 2.75) is 77.2 Å². The maximum atomic E-state index is 12.3. The summed E-state index contributed by atoms with van der Waals surface area (Å²) in [6.07, 6.45) is 10.1. The number of guanidine groups is 1. The number of anilines is 2. The Balaban J connectivity index is 1.36. The van der Waals surface area contributed by atoms with Crippen LogP contribution >= 0.6 is 11.6 Å². The molecule has 0 aliphatic carbocycles. The molecular formula is C34H51ClN10O2. The van der Waals surface area contributed by atoms with Crippen LogP contribution in [0.15, 0.2) is 36.4 Å². The Labute approximate surface area is 283 Å². The Morgan fingerprint density at radius 1 is 0.894 bits per heavy atom. The highest BCUT2D eigenvalue weighted by molar-refractivity contribution is 6.31. The molecule has 47 heavy (non-hydrogen) atoms. The third-order valence-corrected chi connectivity index (χ3v) is 8.37. The van der Waals surface area contributed by atoms with Crippen LogP contribution in [0, 0.1) is 5.41 Å². The fraction of sp³-hybridized carbons (Fsp3) is 0.500. The molecule has 1 aromatic heterocycles. The van der Waals surface area contributed by atoms with Gasteiger partial charge in [-0.1, -0.05) is 74.2 Å². The van der Waals surface area contributed by atoms with Gasteiger partial charge in [-0.2, -0.15) is 0 Å². The molecule has 0 aliphatic heterocycles. The zero-order valence-electron chi connectivity index (χ0n) is 27.7. The zero-order chi connectivity index (χ0) is 34.2. The number of carbonyl (C=O) groups excluding carboxylic acids is 2. The summed E-state index contributed by atoms with van der Waals surface area (Å²) in [5, 5.41) is 18.8. The van der Waals surface area contributed by atoms with Crippen molar-refractivity contribution in [2.75, 3.05) is 44.7 Å². The van der Waals surface area contributed by atoms with Crippen LogP contribution in [0.5, 0.6) is 0 Å². The summed E-state index contributed by atoms with van der Waals surface area (Å²) in [7, 11) is 2.16. The van der Waals surface area contributed by atoms with Gasteiger partial charge in [0, 0.05) is 6.54 Å². The lowest BCUT2D eigenvalue weighted by Gasteiger charge is -2.19. The van der Waals surface area contributed by atoms with Crippen molar-refractivity contribution in [3.05, 3.63) is 58.4 Å². The molecule has 2 amide bonds. The standard InChI is InChI=1S/C34H51ClN10O2/c1-3-4-5-8-19-45(2)20-9-18-40-27(32(38)46)16-13-24-12-15-25-21-23(11-14-26(25)22-24)10-6-7-17-41-34(39)44-33(47)28-30(36)43-31(37)29(35)42-28/h11-12,14-15,21-22,27,40H,3-10,13,16-20H2,1-2H3,(H2,38,46)(H4,36,37,43)(H3,39,41,44,47)/t27-/m0/s1. The lowest BCUT2D eigenvalue weighted by molar-refractivity contribution is -0.120. The van der Waals surface area contributed by atoms with E-state index in [1.807, 2.05) is 0 Å². The van der Waals surface area contributed by atoms with Crippen LogP contribution in [0.4, 0.5) is 11.6 Å². The largest absolute Gasteiger partial charge is 0.382 e. The Morgan fingerprint density at radius 2 is 1.57 bits per heavy atom. The van der Waals surface area contributed by atoms with Gasteiger partial charge in [0.15, 0.2) is 28.4 Å². The van der Waals surface area contributed by atoms with Crippen LogP contribution < -0.4 is 33.2 Å². The molecule has 0 bridgehead atoms. The van der Waals surface area contributed by atoms with Gasteiger partial charge in [0.05, 0.1) is 6.04 Å². The molecule has 0 radical (unpaired) electrons. The second-order valence-corrected chi connectivity index (χ2v) is 12.4. The molecule has 1 heterocycles. The molecule has 0 aliphatic rings. The van der Waals surface area contributed by atoms with E-state index in [4.69, 9.17) is 34.2 Å². The zero-order valence-corrected chi connectivity index (χ0v) is 28.5. The molecule has 3 rings (SSSR count). The van der Waals surface area contributed by atoms with E-state index in [-0.39, 0.29) is 40.4 Å². The van der Waals surface area contributed by atoms with Crippen molar-refractivity contribution < 1.29 is 9.59 Å². The number of nitrogens with zero attached hydrogens (tertiary/aromatic N) is 3. The van der Waals surface area contributed by atoms with E-state index in [1.54, 1.807) is 0 Å². The number of hydrogen-bond donors (Lipinski definition) is 7. The highest BCUT2D eigenvalue weighted by atomic mass is 35.5. The van der Waals surface area contributed by atoms with Crippen LogP contribution in [-0.4, -0.2) is 71.9 Å². The normalized spacial score (nSPS) is 11.9. The molecule has 0 unspecified atom stereocenters. The first-order valence-electron chi connectivity index (χ1n) is 16.5. The molecule has 0 saturated heterocycles. The first-order valence-corrected chi connectivity index (χ1v) is 16.9. The lowest BCUT2D eigenvalue weighted by Crippen LogP contribution is -2.42. The minimum Gasteiger partial charge on any atom is -0.382 e. The van der Waals surface area contributed by atoms with Gasteiger partial charge in [0.2, 0.25) is 5.91 Å². The van der Waals surface area contributed by atoms with Crippen molar-refractivity contribution in [1.82, 2.24) is 30.8 Å². The molecule has 13 heteroatoms. The van der Waals surface area contributed by atoms with Crippen molar-refractivity contribution >= 4 is 51.8 Å². The predicted molar refractivity (Wildman–Crippen MR) is 192 cm³/mol. The molecule has 0 fully saturated rings. The molecular weight excluding hydrogens is 616 g/mol. The van der Waals surface area contributed by atoms with Gasteiger partial charge in [-0.05, 0) is 93.5 Å². The summed E-state index contributed by atoms with van der Waals surface area (Å²) < 4.78 is 0. The first-order chi connectivity index (χ1) is 22.6. The summed E-state index contributed by atoms with van der Waals surface area (Å²) in [6, 6.07) is 12.6. The Bertz CT molecular complexity index is 1480. The van der Waals surface area contributed by atoms with Crippen LogP contribution in [-0.2, 0) is 17.6 Å². The van der Waals surface area contributed by atoms with E-state index < -0.39 is 5.91 Å². The van der Waals surface area contributed by atoms with Gasteiger partial charge < -0.3 is 32.7 Å². The van der Waals surface area contributed by atoms with Gasteiger partial charge in [-0.15, -0.1) is 0 Å². The average Bonchev–Trinajstić information content (AvgIpc) is 3.03. The maximum absolute atomic E-state index is 12.3. The van der Waals surface area contributed by atoms with E-state index in [0.717, 1.165) is 57.1 Å². The second-order valence-electron chi connectivity index (χ2n) is 12.0. The number of rotatable bonds is 20. The van der Waals surface area contributed by atoms with Crippen LogP contribution in [0.2, 0.25) is 5.15 Å². The molecule has 3 aromatic rings. The van der Waals surface area contributed by atoms with E-state index in [0.29, 0.717) is 13.0 Å². The Kier molecular flexibility index (Phi) is 15.6. The van der Waals surface area contributed by atoms with Gasteiger partial charge in [0.25, 0.3) is 5.91 Å². The summed E-state index contributed by atoms with van der Waals surface area (Å²) in [5.74, 6) is -1.39. The third-order valence-electron chi connectivity index (χ3n) is 8.09. The van der Waals surface area contributed by atoms with Crippen molar-refractivity contribution in [3.63, 3.8) is 0 Å². The lowest BCUT2D eigenvalue weighted by atomic mass is 9.98. The number of unbranched alkanes of at least 4 members (excludes halogenated alkanes) is 4.